The molecule has 0 aromatic heterocycles. The van der Waals surface area contributed by atoms with Gasteiger partial charge in [-0.05, 0) is 66.5 Å². The summed E-state index contributed by atoms with van der Waals surface area (Å²) < 4.78 is 0. The highest BCUT2D eigenvalue weighted by molar-refractivity contribution is 4.79. The van der Waals surface area contributed by atoms with E-state index in [2.05, 4.69) is 43.1 Å². The van der Waals surface area contributed by atoms with Crippen LogP contribution in [0.3, 0.4) is 0 Å². The lowest BCUT2D eigenvalue weighted by Crippen LogP contribution is -2.46. The molecule has 1 aliphatic heterocycles. The summed E-state index contributed by atoms with van der Waals surface area (Å²) in [6.45, 7) is 9.28. The van der Waals surface area contributed by atoms with Crippen LogP contribution in [0.4, 0.5) is 0 Å². The van der Waals surface area contributed by atoms with Crippen LogP contribution in [0.1, 0.15) is 33.1 Å². The van der Waals surface area contributed by atoms with Crippen LogP contribution in [0.2, 0.25) is 0 Å². The van der Waals surface area contributed by atoms with Crippen LogP contribution in [0.25, 0.3) is 0 Å². The molecule has 96 valence electrons. The highest BCUT2D eigenvalue weighted by Gasteiger charge is 2.23. The van der Waals surface area contributed by atoms with E-state index in [4.69, 9.17) is 0 Å². The zero-order valence-corrected chi connectivity index (χ0v) is 11.5. The lowest BCUT2D eigenvalue weighted by Gasteiger charge is -2.38. The molecule has 1 fully saturated rings. The summed E-state index contributed by atoms with van der Waals surface area (Å²) in [6.07, 6.45) is 3.92. The quantitative estimate of drug-likeness (QED) is 0.692. The smallest absolute Gasteiger partial charge is 0.0119 e. The Morgan fingerprint density at radius 2 is 2.00 bits per heavy atom. The Hall–Kier alpha value is -0.120. The molecule has 1 saturated heterocycles. The molecule has 16 heavy (non-hydrogen) atoms. The maximum Gasteiger partial charge on any atom is 0.0119 e. The van der Waals surface area contributed by atoms with Crippen LogP contribution in [0.15, 0.2) is 0 Å². The summed E-state index contributed by atoms with van der Waals surface area (Å²) in [6, 6.07) is 1.50. The summed E-state index contributed by atoms with van der Waals surface area (Å²) in [5.41, 5.74) is 0. The maximum absolute atomic E-state index is 3.41. The first kappa shape index (κ1) is 13.9. The van der Waals surface area contributed by atoms with E-state index >= 15 is 0 Å². The Kier molecular flexibility index (Phi) is 6.32. The van der Waals surface area contributed by atoms with Crippen LogP contribution in [0.5, 0.6) is 0 Å². The number of hydrogen-bond acceptors (Lipinski definition) is 3. The van der Waals surface area contributed by atoms with Crippen molar-refractivity contribution in [3.63, 3.8) is 0 Å². The van der Waals surface area contributed by atoms with Crippen molar-refractivity contribution >= 4 is 0 Å². The van der Waals surface area contributed by atoms with Crippen molar-refractivity contribution in [1.29, 1.82) is 0 Å². The Morgan fingerprint density at radius 3 is 2.56 bits per heavy atom. The van der Waals surface area contributed by atoms with Crippen molar-refractivity contribution < 1.29 is 0 Å². The third-order valence-corrected chi connectivity index (χ3v) is 3.95. The number of nitrogens with one attached hydrogen (secondary N) is 1. The molecule has 0 saturated carbocycles. The van der Waals surface area contributed by atoms with E-state index in [-0.39, 0.29) is 0 Å². The van der Waals surface area contributed by atoms with Gasteiger partial charge < -0.3 is 15.1 Å². The molecule has 3 nitrogen and oxygen atoms in total. The first-order valence-electron chi connectivity index (χ1n) is 6.76. The molecule has 1 rings (SSSR count). The van der Waals surface area contributed by atoms with Crippen LogP contribution < -0.4 is 5.32 Å². The molecular weight excluding hydrogens is 198 g/mol. The molecule has 1 heterocycles. The van der Waals surface area contributed by atoms with Gasteiger partial charge in [0.05, 0.1) is 0 Å². The fourth-order valence-electron chi connectivity index (χ4n) is 2.45. The molecule has 0 spiro atoms. The number of likely N-dealkylation sites (tertiary alicyclic amines) is 1. The minimum absolute atomic E-state index is 0.701. The second kappa shape index (κ2) is 7.25. The third-order valence-electron chi connectivity index (χ3n) is 3.95. The first-order chi connectivity index (χ1) is 7.65. The van der Waals surface area contributed by atoms with Crippen molar-refractivity contribution in [3.05, 3.63) is 0 Å². The lowest BCUT2D eigenvalue weighted by molar-refractivity contribution is 0.110. The number of piperidine rings is 1. The van der Waals surface area contributed by atoms with E-state index in [1.807, 2.05) is 0 Å². The summed E-state index contributed by atoms with van der Waals surface area (Å²) in [5, 5.41) is 3.41. The van der Waals surface area contributed by atoms with Crippen molar-refractivity contribution in [1.82, 2.24) is 15.1 Å². The van der Waals surface area contributed by atoms with E-state index in [0.29, 0.717) is 6.04 Å². The predicted octanol–water partition coefficient (Wildman–Crippen LogP) is 1.40. The van der Waals surface area contributed by atoms with Gasteiger partial charge in [-0.25, -0.2) is 0 Å². The largest absolute Gasteiger partial charge is 0.317 e. The summed E-state index contributed by atoms with van der Waals surface area (Å²) in [4.78, 5) is 5.03. The van der Waals surface area contributed by atoms with E-state index in [1.54, 1.807) is 0 Å². The fourth-order valence-corrected chi connectivity index (χ4v) is 2.45. The Morgan fingerprint density at radius 1 is 1.38 bits per heavy atom. The second-order valence-corrected chi connectivity index (χ2v) is 5.19. The monoisotopic (exact) mass is 227 g/mol. The predicted molar refractivity (Wildman–Crippen MR) is 70.9 cm³/mol. The van der Waals surface area contributed by atoms with Gasteiger partial charge in [-0.2, -0.15) is 0 Å². The van der Waals surface area contributed by atoms with Crippen molar-refractivity contribution in [2.45, 2.75) is 45.2 Å². The van der Waals surface area contributed by atoms with Gasteiger partial charge in [-0.1, -0.05) is 6.92 Å². The van der Waals surface area contributed by atoms with Crippen LogP contribution in [0, 0.1) is 0 Å². The van der Waals surface area contributed by atoms with E-state index in [1.165, 1.54) is 32.4 Å². The molecule has 0 bridgehead atoms. The molecule has 3 heteroatoms. The average Bonchev–Trinajstić information content (AvgIpc) is 2.29. The van der Waals surface area contributed by atoms with Crippen molar-refractivity contribution in [3.8, 4) is 0 Å². The van der Waals surface area contributed by atoms with Crippen LogP contribution in [-0.4, -0.2) is 62.2 Å². The van der Waals surface area contributed by atoms with Gasteiger partial charge in [-0.15, -0.1) is 0 Å². The molecule has 1 atom stereocenters. The number of hydrogen-bond donors (Lipinski definition) is 1. The van der Waals surface area contributed by atoms with E-state index in [0.717, 1.165) is 19.1 Å². The Balaban J connectivity index is 2.24. The first-order valence-corrected chi connectivity index (χ1v) is 6.76. The molecule has 0 radical (unpaired) electrons. The SMILES string of the molecule is CCNCCC(C)N(C)C1CCN(C)CC1. The second-order valence-electron chi connectivity index (χ2n) is 5.19. The van der Waals surface area contributed by atoms with Gasteiger partial charge in [-0.3, -0.25) is 0 Å². The van der Waals surface area contributed by atoms with Crippen molar-refractivity contribution in [2.24, 2.45) is 0 Å². The van der Waals surface area contributed by atoms with Gasteiger partial charge in [0, 0.05) is 12.1 Å². The maximum atomic E-state index is 3.41. The van der Waals surface area contributed by atoms with E-state index < -0.39 is 0 Å². The fraction of sp³-hybridized carbons (Fsp3) is 1.00. The minimum atomic E-state index is 0.701. The standard InChI is InChI=1S/C13H29N3/c1-5-14-9-6-12(2)16(4)13-7-10-15(3)11-8-13/h12-14H,5-11H2,1-4H3. The lowest BCUT2D eigenvalue weighted by atomic mass is 10.0. The average molecular weight is 227 g/mol. The Labute approximate surface area is 101 Å². The number of nitrogens with zero attached hydrogens (tertiary/aromatic N) is 2. The molecule has 0 aromatic rings. The highest BCUT2D eigenvalue weighted by Crippen LogP contribution is 2.17. The third kappa shape index (κ3) is 4.40. The van der Waals surface area contributed by atoms with Crippen molar-refractivity contribution in [2.75, 3.05) is 40.3 Å². The molecule has 0 aromatic carbocycles. The van der Waals surface area contributed by atoms with Crippen LogP contribution >= 0.6 is 0 Å². The normalized spacial score (nSPS) is 21.6. The Bertz CT molecular complexity index is 176. The molecule has 1 aliphatic rings. The van der Waals surface area contributed by atoms with Gasteiger partial charge in [0.25, 0.3) is 0 Å². The summed E-state index contributed by atoms with van der Waals surface area (Å²) in [5.74, 6) is 0. The van der Waals surface area contributed by atoms with E-state index in [9.17, 15) is 0 Å². The molecule has 0 aliphatic carbocycles. The topological polar surface area (TPSA) is 18.5 Å². The van der Waals surface area contributed by atoms with Gasteiger partial charge in [0.15, 0.2) is 0 Å². The molecule has 0 amide bonds. The van der Waals surface area contributed by atoms with Gasteiger partial charge in [0.2, 0.25) is 0 Å². The molecule has 1 unspecified atom stereocenters. The highest BCUT2D eigenvalue weighted by atomic mass is 15.2. The summed E-state index contributed by atoms with van der Waals surface area (Å²) in [7, 11) is 4.53. The zero-order valence-electron chi connectivity index (χ0n) is 11.5. The number of rotatable bonds is 6. The molecular formula is C13H29N3. The van der Waals surface area contributed by atoms with Crippen LogP contribution in [-0.2, 0) is 0 Å². The zero-order chi connectivity index (χ0) is 12.0. The minimum Gasteiger partial charge on any atom is -0.317 e. The molecule has 1 N–H and O–H groups in total. The van der Waals surface area contributed by atoms with Gasteiger partial charge >= 0.3 is 0 Å². The van der Waals surface area contributed by atoms with Gasteiger partial charge in [0.1, 0.15) is 0 Å². The summed E-state index contributed by atoms with van der Waals surface area (Å²) >= 11 is 0.